The highest BCUT2D eigenvalue weighted by atomic mass is 16.6. The molecular weight excluding hydrogens is 242 g/mol. The summed E-state index contributed by atoms with van der Waals surface area (Å²) in [5.41, 5.74) is 5.23. The Hall–Kier alpha value is -0.810. The number of amides is 1. The number of carbonyl (C=O) groups excluding carboxylic acids is 1. The highest BCUT2D eigenvalue weighted by Gasteiger charge is 2.20. The molecule has 1 atom stereocenters. The average molecular weight is 271 g/mol. The molecule has 0 radical (unpaired) electrons. The van der Waals surface area contributed by atoms with Crippen LogP contribution < -0.4 is 16.4 Å². The van der Waals surface area contributed by atoms with Gasteiger partial charge in [0.25, 0.3) is 0 Å². The number of ether oxygens (including phenoxy) is 1. The molecule has 5 nitrogen and oxygen atoms in total. The lowest BCUT2D eigenvalue weighted by atomic mass is 10.2. The van der Waals surface area contributed by atoms with Crippen LogP contribution in [0.5, 0.6) is 0 Å². The van der Waals surface area contributed by atoms with Crippen molar-refractivity contribution in [2.24, 2.45) is 11.7 Å². The van der Waals surface area contributed by atoms with Gasteiger partial charge in [0.05, 0.1) is 0 Å². The van der Waals surface area contributed by atoms with E-state index in [1.165, 1.54) is 25.7 Å². The molecule has 0 aromatic rings. The maximum Gasteiger partial charge on any atom is 0.407 e. The van der Waals surface area contributed by atoms with Crippen molar-refractivity contribution < 1.29 is 9.53 Å². The second-order valence-electron chi connectivity index (χ2n) is 6.36. The summed E-state index contributed by atoms with van der Waals surface area (Å²) >= 11 is 0. The maximum absolute atomic E-state index is 11.5. The molecule has 0 saturated heterocycles. The van der Waals surface area contributed by atoms with E-state index in [0.717, 1.165) is 12.5 Å². The van der Waals surface area contributed by atoms with Gasteiger partial charge in [0, 0.05) is 19.1 Å². The van der Waals surface area contributed by atoms with Crippen molar-refractivity contribution in [1.82, 2.24) is 10.6 Å². The summed E-state index contributed by atoms with van der Waals surface area (Å²) in [4.78, 5) is 11.5. The minimum Gasteiger partial charge on any atom is -0.444 e. The molecule has 1 aliphatic carbocycles. The van der Waals surface area contributed by atoms with Gasteiger partial charge in [-0.05, 0) is 46.1 Å². The van der Waals surface area contributed by atoms with Gasteiger partial charge in [0.1, 0.15) is 5.60 Å². The van der Waals surface area contributed by atoms with Crippen LogP contribution in [0.2, 0.25) is 0 Å². The fourth-order valence-corrected chi connectivity index (χ4v) is 1.86. The van der Waals surface area contributed by atoms with Gasteiger partial charge in [-0.2, -0.15) is 0 Å². The molecule has 19 heavy (non-hydrogen) atoms. The first-order valence-corrected chi connectivity index (χ1v) is 7.31. The quantitative estimate of drug-likeness (QED) is 0.586. The van der Waals surface area contributed by atoms with Crippen LogP contribution in [0.25, 0.3) is 0 Å². The third kappa shape index (κ3) is 8.83. The first-order valence-electron chi connectivity index (χ1n) is 7.31. The Labute approximate surface area is 116 Å². The Morgan fingerprint density at radius 2 is 2.11 bits per heavy atom. The number of hydrogen-bond donors (Lipinski definition) is 3. The summed E-state index contributed by atoms with van der Waals surface area (Å²) in [5.74, 6) is 0.970. The summed E-state index contributed by atoms with van der Waals surface area (Å²) in [6.07, 6.45) is 4.92. The lowest BCUT2D eigenvalue weighted by molar-refractivity contribution is 0.0523. The standard InChI is InChI=1S/C14H29N3O2/c1-14(2,3)19-13(18)17-10-12(9-15)16-8-4-5-11-6-7-11/h11-12,16H,4-10,15H2,1-3H3,(H,17,18). The minimum absolute atomic E-state index is 0.117. The second-order valence-corrected chi connectivity index (χ2v) is 6.36. The number of rotatable bonds is 8. The van der Waals surface area contributed by atoms with Crippen LogP contribution in [0.15, 0.2) is 0 Å². The largest absolute Gasteiger partial charge is 0.444 e. The normalized spacial score (nSPS) is 17.1. The van der Waals surface area contributed by atoms with Crippen molar-refractivity contribution in [3.63, 3.8) is 0 Å². The van der Waals surface area contributed by atoms with Crippen LogP contribution in [-0.2, 0) is 4.74 Å². The lowest BCUT2D eigenvalue weighted by Gasteiger charge is -2.22. The van der Waals surface area contributed by atoms with Crippen molar-refractivity contribution in [2.75, 3.05) is 19.6 Å². The zero-order valence-electron chi connectivity index (χ0n) is 12.5. The summed E-state index contributed by atoms with van der Waals surface area (Å²) in [7, 11) is 0. The van der Waals surface area contributed by atoms with Gasteiger partial charge in [-0.25, -0.2) is 4.79 Å². The Morgan fingerprint density at radius 3 is 2.63 bits per heavy atom. The molecule has 4 N–H and O–H groups in total. The monoisotopic (exact) mass is 271 g/mol. The van der Waals surface area contributed by atoms with Crippen molar-refractivity contribution in [2.45, 2.75) is 58.1 Å². The van der Waals surface area contributed by atoms with Crippen LogP contribution in [-0.4, -0.2) is 37.4 Å². The first-order chi connectivity index (χ1) is 8.90. The van der Waals surface area contributed by atoms with Crippen LogP contribution in [0.1, 0.15) is 46.5 Å². The molecule has 0 aromatic carbocycles. The minimum atomic E-state index is -0.458. The highest BCUT2D eigenvalue weighted by molar-refractivity contribution is 5.67. The Bertz CT molecular complexity index is 272. The van der Waals surface area contributed by atoms with Crippen LogP contribution in [0, 0.1) is 5.92 Å². The van der Waals surface area contributed by atoms with E-state index in [1.807, 2.05) is 20.8 Å². The number of nitrogens with two attached hydrogens (primary N) is 1. The second kappa shape index (κ2) is 7.70. The van der Waals surface area contributed by atoms with Crippen molar-refractivity contribution in [3.05, 3.63) is 0 Å². The number of hydrogen-bond acceptors (Lipinski definition) is 4. The van der Waals surface area contributed by atoms with E-state index in [-0.39, 0.29) is 12.1 Å². The van der Waals surface area contributed by atoms with Gasteiger partial charge < -0.3 is 21.1 Å². The zero-order chi connectivity index (χ0) is 14.3. The van der Waals surface area contributed by atoms with Crippen molar-refractivity contribution in [1.29, 1.82) is 0 Å². The molecule has 0 aliphatic heterocycles. The number of alkyl carbamates (subject to hydrolysis) is 1. The van der Waals surface area contributed by atoms with E-state index in [0.29, 0.717) is 13.1 Å². The fourth-order valence-electron chi connectivity index (χ4n) is 1.86. The van der Waals surface area contributed by atoms with Crippen molar-refractivity contribution in [3.8, 4) is 0 Å². The molecule has 5 heteroatoms. The molecule has 0 spiro atoms. The molecule has 0 aromatic heterocycles. The summed E-state index contributed by atoms with van der Waals surface area (Å²) < 4.78 is 5.18. The summed E-state index contributed by atoms with van der Waals surface area (Å²) in [6.45, 7) is 7.54. The van der Waals surface area contributed by atoms with E-state index in [9.17, 15) is 4.79 Å². The first kappa shape index (κ1) is 16.2. The number of nitrogens with one attached hydrogen (secondary N) is 2. The van der Waals surface area contributed by atoms with Gasteiger partial charge in [-0.3, -0.25) is 0 Å². The van der Waals surface area contributed by atoms with E-state index >= 15 is 0 Å². The predicted molar refractivity (Wildman–Crippen MR) is 77.0 cm³/mol. The fraction of sp³-hybridized carbons (Fsp3) is 0.929. The van der Waals surface area contributed by atoms with Crippen LogP contribution in [0.4, 0.5) is 4.79 Å². The van der Waals surface area contributed by atoms with Gasteiger partial charge in [-0.1, -0.05) is 12.8 Å². The molecule has 0 heterocycles. The lowest BCUT2D eigenvalue weighted by Crippen LogP contribution is -2.46. The zero-order valence-corrected chi connectivity index (χ0v) is 12.5. The van der Waals surface area contributed by atoms with Gasteiger partial charge in [0.2, 0.25) is 0 Å². The van der Waals surface area contributed by atoms with E-state index in [4.69, 9.17) is 10.5 Å². The molecule has 1 fully saturated rings. The highest BCUT2D eigenvalue weighted by Crippen LogP contribution is 2.33. The van der Waals surface area contributed by atoms with Crippen LogP contribution >= 0.6 is 0 Å². The predicted octanol–water partition coefficient (Wildman–Crippen LogP) is 1.62. The molecule has 1 amide bonds. The number of carbonyl (C=O) groups is 1. The topological polar surface area (TPSA) is 76.4 Å². The Kier molecular flexibility index (Phi) is 6.58. The van der Waals surface area contributed by atoms with E-state index in [1.54, 1.807) is 0 Å². The average Bonchev–Trinajstić information content (AvgIpc) is 3.09. The van der Waals surface area contributed by atoms with Gasteiger partial charge in [-0.15, -0.1) is 0 Å². The summed E-state index contributed by atoms with van der Waals surface area (Å²) in [5, 5.41) is 6.12. The smallest absolute Gasteiger partial charge is 0.407 e. The van der Waals surface area contributed by atoms with Gasteiger partial charge in [0.15, 0.2) is 0 Å². The SMILES string of the molecule is CC(C)(C)OC(=O)NCC(CN)NCCCC1CC1. The van der Waals surface area contributed by atoms with Gasteiger partial charge >= 0.3 is 6.09 Å². The maximum atomic E-state index is 11.5. The Morgan fingerprint density at radius 1 is 1.42 bits per heavy atom. The molecule has 0 bridgehead atoms. The Balaban J connectivity index is 2.07. The van der Waals surface area contributed by atoms with Crippen molar-refractivity contribution >= 4 is 6.09 Å². The summed E-state index contributed by atoms with van der Waals surface area (Å²) in [6, 6.07) is 0.117. The molecule has 1 unspecified atom stereocenters. The molecule has 112 valence electrons. The molecule has 1 saturated carbocycles. The molecule has 1 aliphatic rings. The van der Waals surface area contributed by atoms with E-state index in [2.05, 4.69) is 10.6 Å². The van der Waals surface area contributed by atoms with Crippen LogP contribution in [0.3, 0.4) is 0 Å². The third-order valence-electron chi connectivity index (χ3n) is 3.10. The van der Waals surface area contributed by atoms with E-state index < -0.39 is 5.60 Å². The molecular formula is C14H29N3O2. The molecule has 1 rings (SSSR count). The third-order valence-corrected chi connectivity index (χ3v) is 3.10.